The number of piperazine rings is 1. The maximum atomic E-state index is 14.5. The Morgan fingerprint density at radius 2 is 1.50 bits per heavy atom. The number of anilines is 2. The van der Waals surface area contributed by atoms with E-state index in [1.807, 2.05) is 23.1 Å². The minimum atomic E-state index is -0.279. The van der Waals surface area contributed by atoms with Crippen LogP contribution in [0.1, 0.15) is 63.2 Å². The maximum absolute atomic E-state index is 14.5. The minimum absolute atomic E-state index is 0. The number of ether oxygens (including phenoxy) is 2. The molecule has 2 aromatic rings. The number of likely N-dealkylation sites (tertiary alicyclic amines) is 1. The minimum Gasteiger partial charge on any atom is -0.490 e. The first-order valence-corrected chi connectivity index (χ1v) is 16.7. The summed E-state index contributed by atoms with van der Waals surface area (Å²) in [6.07, 6.45) is 4.82. The van der Waals surface area contributed by atoms with Gasteiger partial charge < -0.3 is 34.8 Å². The molecule has 4 fully saturated rings. The first-order valence-electron chi connectivity index (χ1n) is 16.7. The molecule has 2 aromatic carbocycles. The van der Waals surface area contributed by atoms with Crippen molar-refractivity contribution in [2.45, 2.75) is 65.1 Å². The number of hydrogen-bond acceptors (Lipinski definition) is 7. The molecule has 4 aliphatic rings. The first-order chi connectivity index (χ1) is 21.2. The highest BCUT2D eigenvalue weighted by Gasteiger charge is 2.31. The molecule has 4 heterocycles. The summed E-state index contributed by atoms with van der Waals surface area (Å²) < 4.78 is 27.2. The zero-order valence-electron chi connectivity index (χ0n) is 27.6. The molecule has 6 rings (SSSR count). The van der Waals surface area contributed by atoms with Crippen molar-refractivity contribution in [2.75, 3.05) is 75.2 Å². The second-order valence-corrected chi connectivity index (χ2v) is 14.0. The Labute approximate surface area is 286 Å². The van der Waals surface area contributed by atoms with Gasteiger partial charge in [0.2, 0.25) is 0 Å². The maximum Gasteiger partial charge on any atom is 0.253 e. The van der Waals surface area contributed by atoms with Gasteiger partial charge in [-0.3, -0.25) is 4.79 Å². The summed E-state index contributed by atoms with van der Waals surface area (Å²) in [7, 11) is 0. The molecule has 0 saturated carbocycles. The van der Waals surface area contributed by atoms with E-state index in [9.17, 15) is 9.18 Å². The summed E-state index contributed by atoms with van der Waals surface area (Å²) in [5.74, 6) is 1.91. The van der Waals surface area contributed by atoms with Crippen molar-refractivity contribution >= 4 is 42.1 Å². The molecule has 4 aliphatic heterocycles. The standard InChI is InChI=1S/C35H50FN5O3.2ClH/c1-35(2,3)26-7-14-40(15-8-26)32-20-25(4-5-33(32)44-30-6-11-38-24-30)34(42)41-16-9-29(10-17-41)43-31-22-27(36)21-28(23-31)39-18-12-37-13-19-39;;/h4-5,20-23,26,29-30,37-38H,6-19,24H2,1-3H3;2*1H/t30-;;/m0../s1. The number of amides is 1. The molecular formula is C35H52Cl2FN5O3. The smallest absolute Gasteiger partial charge is 0.253 e. The number of rotatable bonds is 7. The molecule has 0 radical (unpaired) electrons. The number of nitrogens with zero attached hydrogens (tertiary/aromatic N) is 3. The lowest BCUT2D eigenvalue weighted by atomic mass is 9.75. The van der Waals surface area contributed by atoms with Crippen molar-refractivity contribution in [1.29, 1.82) is 0 Å². The summed E-state index contributed by atoms with van der Waals surface area (Å²) in [5.41, 5.74) is 2.92. The van der Waals surface area contributed by atoms with Crippen molar-refractivity contribution in [3.05, 3.63) is 47.8 Å². The Morgan fingerprint density at radius 1 is 0.783 bits per heavy atom. The number of hydrogen-bond donors (Lipinski definition) is 2. The van der Waals surface area contributed by atoms with Gasteiger partial charge >= 0.3 is 0 Å². The third-order valence-electron chi connectivity index (χ3n) is 9.95. The third kappa shape index (κ3) is 8.91. The van der Waals surface area contributed by atoms with Crippen LogP contribution >= 0.6 is 24.8 Å². The van der Waals surface area contributed by atoms with Gasteiger partial charge in [-0.25, -0.2) is 4.39 Å². The summed E-state index contributed by atoms with van der Waals surface area (Å²) in [6, 6.07) is 11.0. The molecular weight excluding hydrogens is 628 g/mol. The summed E-state index contributed by atoms with van der Waals surface area (Å²) in [4.78, 5) is 20.3. The normalized spacial score (nSPS) is 21.4. The van der Waals surface area contributed by atoms with Crippen molar-refractivity contribution in [1.82, 2.24) is 15.5 Å². The van der Waals surface area contributed by atoms with Gasteiger partial charge in [-0.05, 0) is 61.4 Å². The topological polar surface area (TPSA) is 69.3 Å². The van der Waals surface area contributed by atoms with Crippen LogP contribution in [0.3, 0.4) is 0 Å². The van der Waals surface area contributed by atoms with Crippen LogP contribution < -0.4 is 29.9 Å². The van der Waals surface area contributed by atoms with Gasteiger partial charge in [-0.15, -0.1) is 24.8 Å². The fourth-order valence-electron chi connectivity index (χ4n) is 7.17. The van der Waals surface area contributed by atoms with Crippen LogP contribution in [0.5, 0.6) is 11.5 Å². The van der Waals surface area contributed by atoms with Crippen molar-refractivity contribution in [3.63, 3.8) is 0 Å². The molecule has 0 spiro atoms. The van der Waals surface area contributed by atoms with Crippen molar-refractivity contribution in [2.24, 2.45) is 11.3 Å². The fourth-order valence-corrected chi connectivity index (χ4v) is 7.17. The van der Waals surface area contributed by atoms with Crippen LogP contribution in [0.4, 0.5) is 15.8 Å². The van der Waals surface area contributed by atoms with Gasteiger partial charge in [-0.1, -0.05) is 20.8 Å². The number of nitrogens with one attached hydrogen (secondary N) is 2. The lowest BCUT2D eigenvalue weighted by Gasteiger charge is -2.40. The van der Waals surface area contributed by atoms with Crippen molar-refractivity contribution < 1.29 is 18.7 Å². The SMILES string of the molecule is CC(C)(C)C1CCN(c2cc(C(=O)N3CCC(Oc4cc(F)cc(N5CCNCC5)c4)CC3)ccc2O[C@H]2CCNC2)CC1.Cl.Cl. The summed E-state index contributed by atoms with van der Waals surface area (Å²) in [5, 5.41) is 6.73. The predicted molar refractivity (Wildman–Crippen MR) is 188 cm³/mol. The molecule has 1 amide bonds. The van der Waals surface area contributed by atoms with E-state index < -0.39 is 0 Å². The molecule has 0 aliphatic carbocycles. The van der Waals surface area contributed by atoms with Gasteiger partial charge in [0.05, 0.1) is 5.69 Å². The monoisotopic (exact) mass is 679 g/mol. The number of carbonyl (C=O) groups excluding carboxylic acids is 1. The predicted octanol–water partition coefficient (Wildman–Crippen LogP) is 5.77. The third-order valence-corrected chi connectivity index (χ3v) is 9.95. The summed E-state index contributed by atoms with van der Waals surface area (Å²) in [6.45, 7) is 15.5. The van der Waals surface area contributed by atoms with Gasteiger partial charge in [0.25, 0.3) is 5.91 Å². The lowest BCUT2D eigenvalue weighted by molar-refractivity contribution is 0.0595. The number of piperidine rings is 2. The zero-order chi connectivity index (χ0) is 30.7. The van der Waals surface area contributed by atoms with E-state index in [0.29, 0.717) is 48.6 Å². The van der Waals surface area contributed by atoms with Crippen LogP contribution in [0.15, 0.2) is 36.4 Å². The average molecular weight is 681 g/mol. The van der Waals surface area contributed by atoms with E-state index in [4.69, 9.17) is 9.47 Å². The van der Waals surface area contributed by atoms with Gasteiger partial charge in [0, 0.05) is 95.1 Å². The largest absolute Gasteiger partial charge is 0.490 e. The molecule has 4 saturated heterocycles. The molecule has 0 unspecified atom stereocenters. The van der Waals surface area contributed by atoms with E-state index in [0.717, 1.165) is 88.7 Å². The Morgan fingerprint density at radius 3 is 2.15 bits per heavy atom. The lowest BCUT2D eigenvalue weighted by Crippen LogP contribution is -2.43. The summed E-state index contributed by atoms with van der Waals surface area (Å²) >= 11 is 0. The molecule has 11 heteroatoms. The highest BCUT2D eigenvalue weighted by molar-refractivity contribution is 5.95. The Kier molecular flexibility index (Phi) is 12.7. The highest BCUT2D eigenvalue weighted by atomic mass is 35.5. The van der Waals surface area contributed by atoms with Gasteiger partial charge in [0.15, 0.2) is 0 Å². The van der Waals surface area contributed by atoms with Crippen LogP contribution in [0, 0.1) is 17.2 Å². The zero-order valence-corrected chi connectivity index (χ0v) is 29.2. The number of halogens is 3. The van der Waals surface area contributed by atoms with Gasteiger partial charge in [0.1, 0.15) is 29.5 Å². The van der Waals surface area contributed by atoms with Crippen LogP contribution in [0.25, 0.3) is 0 Å². The van der Waals surface area contributed by atoms with Crippen LogP contribution in [-0.4, -0.2) is 88.5 Å². The van der Waals surface area contributed by atoms with E-state index in [1.165, 1.54) is 6.07 Å². The molecule has 256 valence electrons. The first kappa shape index (κ1) is 36.4. The molecule has 46 heavy (non-hydrogen) atoms. The molecule has 1 atom stereocenters. The second kappa shape index (κ2) is 16.1. The Balaban J connectivity index is 0.00000240. The Hall–Kier alpha value is -2.46. The second-order valence-electron chi connectivity index (χ2n) is 14.0. The highest BCUT2D eigenvalue weighted by Crippen LogP contribution is 2.39. The Bertz CT molecular complexity index is 1280. The average Bonchev–Trinajstić information content (AvgIpc) is 3.54. The number of carbonyl (C=O) groups is 1. The van der Waals surface area contributed by atoms with Gasteiger partial charge in [-0.2, -0.15) is 0 Å². The number of benzene rings is 2. The van der Waals surface area contributed by atoms with E-state index in [-0.39, 0.29) is 48.7 Å². The molecule has 0 aromatic heterocycles. The molecule has 0 bridgehead atoms. The van der Waals surface area contributed by atoms with Crippen molar-refractivity contribution in [3.8, 4) is 11.5 Å². The van der Waals surface area contributed by atoms with E-state index in [2.05, 4.69) is 47.3 Å². The fraction of sp³-hybridized carbons (Fsp3) is 0.629. The molecule has 2 N–H and O–H groups in total. The van der Waals surface area contributed by atoms with E-state index in [1.54, 1.807) is 6.07 Å². The molecule has 8 nitrogen and oxygen atoms in total. The van der Waals surface area contributed by atoms with Crippen LogP contribution in [0.2, 0.25) is 0 Å². The quantitative estimate of drug-likeness (QED) is 0.386. The van der Waals surface area contributed by atoms with Crippen LogP contribution in [-0.2, 0) is 0 Å². The van der Waals surface area contributed by atoms with E-state index >= 15 is 0 Å².